The van der Waals surface area contributed by atoms with E-state index >= 15 is 0 Å². The smallest absolute Gasteiger partial charge is 0.0116 e. The number of hydrogen-bond acceptors (Lipinski definition) is 0. The van der Waals surface area contributed by atoms with Crippen molar-refractivity contribution in [1.82, 2.24) is 0 Å². The Balaban J connectivity index is 0.00000182. The molecule has 0 N–H and O–H groups in total. The zero-order valence-corrected chi connectivity index (χ0v) is 17.6. The van der Waals surface area contributed by atoms with Gasteiger partial charge in [-0.2, -0.15) is 0 Å². The first-order valence-corrected chi connectivity index (χ1v) is 10.3. The van der Waals surface area contributed by atoms with Crippen LogP contribution in [0, 0.1) is 0 Å². The molecule has 4 rings (SSSR count). The molecule has 0 nitrogen and oxygen atoms in total. The van der Waals surface area contributed by atoms with Gasteiger partial charge >= 0.3 is 0 Å². The molecule has 0 amide bonds. The lowest BCUT2D eigenvalue weighted by Gasteiger charge is -2.24. The second-order valence-corrected chi connectivity index (χ2v) is 8.73. The number of hydrogen-bond donors (Lipinski definition) is 0. The van der Waals surface area contributed by atoms with Crippen molar-refractivity contribution in [2.24, 2.45) is 0 Å². The Morgan fingerprint density at radius 3 is 1.64 bits per heavy atom. The molecule has 0 aliphatic heterocycles. The fourth-order valence-electron chi connectivity index (χ4n) is 3.85. The monoisotopic (exact) mass is 458 g/mol. The van der Waals surface area contributed by atoms with Crippen LogP contribution in [-0.4, -0.2) is 0 Å². The van der Waals surface area contributed by atoms with Gasteiger partial charge in [0, 0.05) is 0 Å². The first-order chi connectivity index (χ1) is 11.9. The summed E-state index contributed by atoms with van der Waals surface area (Å²) in [7, 11) is -0.483. The van der Waals surface area contributed by atoms with Gasteiger partial charge in [-0.1, -0.05) is 97.8 Å². The number of halogens is 1. The predicted molar refractivity (Wildman–Crippen MR) is 122 cm³/mol. The topological polar surface area (TPSA) is 0 Å². The Bertz CT molecular complexity index is 740. The van der Waals surface area contributed by atoms with Gasteiger partial charge in [0.15, 0.2) is 0 Å². The lowest BCUT2D eigenvalue weighted by molar-refractivity contribution is 0.728. The summed E-state index contributed by atoms with van der Waals surface area (Å²) in [5.41, 5.74) is 1.59. The molecule has 0 aromatic heterocycles. The van der Waals surface area contributed by atoms with Crippen LogP contribution in [0.4, 0.5) is 0 Å². The molecule has 1 aliphatic rings. The van der Waals surface area contributed by atoms with Gasteiger partial charge in [0.1, 0.15) is 0 Å². The lowest BCUT2D eigenvalue weighted by atomic mass is 9.98. The zero-order chi connectivity index (χ0) is 16.2. The lowest BCUT2D eigenvalue weighted by Crippen LogP contribution is -2.24. The van der Waals surface area contributed by atoms with Gasteiger partial charge in [0.25, 0.3) is 0 Å². The van der Waals surface area contributed by atoms with Gasteiger partial charge in [-0.05, 0) is 48.2 Å². The predicted octanol–water partition coefficient (Wildman–Crippen LogP) is 5.72. The first kappa shape index (κ1) is 18.6. The minimum absolute atomic E-state index is 0. The van der Waals surface area contributed by atoms with Gasteiger partial charge in [-0.15, -0.1) is 24.0 Å². The van der Waals surface area contributed by atoms with E-state index in [1.807, 2.05) is 0 Å². The second kappa shape index (κ2) is 8.96. The number of rotatable bonds is 4. The molecule has 0 heterocycles. The highest BCUT2D eigenvalue weighted by atomic mass is 127. The van der Waals surface area contributed by atoms with E-state index in [1.165, 1.54) is 36.3 Å². The molecular weight excluding hydrogens is 434 g/mol. The highest BCUT2D eigenvalue weighted by Crippen LogP contribution is 2.40. The Morgan fingerprint density at radius 1 is 0.600 bits per heavy atom. The molecule has 128 valence electrons. The van der Waals surface area contributed by atoms with Crippen molar-refractivity contribution in [3.05, 3.63) is 90.5 Å². The third-order valence-corrected chi connectivity index (χ3v) is 7.52. The van der Waals surface area contributed by atoms with E-state index in [1.54, 1.807) is 10.9 Å². The van der Waals surface area contributed by atoms with Gasteiger partial charge in [-0.25, -0.2) is 0 Å². The number of benzene rings is 3. The van der Waals surface area contributed by atoms with Crippen LogP contribution in [0.2, 0.25) is 0 Å². The summed E-state index contributed by atoms with van der Waals surface area (Å²) < 4.78 is 0. The molecule has 3 aromatic carbocycles. The largest absolute Gasteiger partial charge is 0.107 e. The molecule has 0 bridgehead atoms. The molecule has 1 aliphatic carbocycles. The Morgan fingerprint density at radius 2 is 1.08 bits per heavy atom. The third kappa shape index (κ3) is 4.15. The second-order valence-electron chi connectivity index (χ2n) is 6.55. The average Bonchev–Trinajstić information content (AvgIpc) is 3.19. The van der Waals surface area contributed by atoms with Crippen molar-refractivity contribution < 1.29 is 0 Å². The molecule has 3 aromatic rings. The summed E-state index contributed by atoms with van der Waals surface area (Å²) in [5.74, 6) is 0.749. The first-order valence-electron chi connectivity index (χ1n) is 8.92. The Hall–Kier alpha value is -1.18. The Kier molecular flexibility index (Phi) is 6.67. The van der Waals surface area contributed by atoms with E-state index in [4.69, 9.17) is 0 Å². The quantitative estimate of drug-likeness (QED) is 0.347. The summed E-state index contributed by atoms with van der Waals surface area (Å²) in [6.45, 7) is 0. The highest BCUT2D eigenvalue weighted by molar-refractivity contribution is 14.0. The summed E-state index contributed by atoms with van der Waals surface area (Å²) in [6.07, 6.45) is 5.47. The van der Waals surface area contributed by atoms with Crippen LogP contribution >= 0.6 is 31.9 Å². The third-order valence-electron chi connectivity index (χ3n) is 5.00. The highest BCUT2D eigenvalue weighted by Gasteiger charge is 2.24. The van der Waals surface area contributed by atoms with E-state index in [0.29, 0.717) is 0 Å². The average molecular weight is 458 g/mol. The van der Waals surface area contributed by atoms with Crippen molar-refractivity contribution in [3.8, 4) is 0 Å². The molecule has 0 saturated heterocycles. The molecule has 1 saturated carbocycles. The van der Waals surface area contributed by atoms with Gasteiger partial charge in [0.05, 0.1) is 0 Å². The summed E-state index contributed by atoms with van der Waals surface area (Å²) in [5, 5.41) is 4.45. The van der Waals surface area contributed by atoms with E-state index in [9.17, 15) is 0 Å². The van der Waals surface area contributed by atoms with Crippen LogP contribution in [0.1, 0.15) is 37.2 Å². The standard InChI is InChI=1S/C23H23P.HI/c1-3-13-20(14-4-1)24(21-15-5-2-6-16-21)23-18-10-9-17-22(23)19-11-7-8-12-19;/h1-6,9-10,13-19H,7-8,11-12H2;1H. The van der Waals surface area contributed by atoms with Crippen LogP contribution in [0.3, 0.4) is 0 Å². The Labute approximate surface area is 169 Å². The molecular formula is C23H24IP. The minimum Gasteiger partial charge on any atom is -0.107 e. The van der Waals surface area contributed by atoms with E-state index < -0.39 is 7.92 Å². The summed E-state index contributed by atoms with van der Waals surface area (Å²) >= 11 is 0. The minimum atomic E-state index is -0.483. The normalized spacial score (nSPS) is 14.4. The van der Waals surface area contributed by atoms with Crippen LogP contribution in [-0.2, 0) is 0 Å². The van der Waals surface area contributed by atoms with Gasteiger partial charge < -0.3 is 0 Å². The van der Waals surface area contributed by atoms with Crippen LogP contribution < -0.4 is 15.9 Å². The van der Waals surface area contributed by atoms with E-state index in [0.717, 1.165) is 5.92 Å². The fraction of sp³-hybridized carbons (Fsp3) is 0.217. The van der Waals surface area contributed by atoms with Crippen molar-refractivity contribution in [2.75, 3.05) is 0 Å². The van der Waals surface area contributed by atoms with Crippen molar-refractivity contribution in [2.45, 2.75) is 31.6 Å². The summed E-state index contributed by atoms with van der Waals surface area (Å²) in [6, 6.07) is 31.3. The molecule has 1 fully saturated rings. The van der Waals surface area contributed by atoms with Crippen molar-refractivity contribution >= 4 is 47.8 Å². The summed E-state index contributed by atoms with van der Waals surface area (Å²) in [4.78, 5) is 0. The van der Waals surface area contributed by atoms with E-state index in [2.05, 4.69) is 84.9 Å². The molecule has 0 radical (unpaired) electrons. The molecule has 2 heteroatoms. The van der Waals surface area contributed by atoms with Crippen LogP contribution in [0.15, 0.2) is 84.9 Å². The van der Waals surface area contributed by atoms with Crippen molar-refractivity contribution in [3.63, 3.8) is 0 Å². The van der Waals surface area contributed by atoms with Gasteiger partial charge in [-0.3, -0.25) is 0 Å². The fourth-order valence-corrected chi connectivity index (χ4v) is 6.40. The maximum absolute atomic E-state index is 2.38. The SMILES string of the molecule is I.c1ccc(P(c2ccccc2)c2ccccc2C2CCCC2)cc1. The molecule has 0 unspecified atom stereocenters. The maximum Gasteiger partial charge on any atom is -0.0116 e. The molecule has 25 heavy (non-hydrogen) atoms. The van der Waals surface area contributed by atoms with Crippen molar-refractivity contribution in [1.29, 1.82) is 0 Å². The maximum atomic E-state index is 2.38. The molecule has 0 spiro atoms. The zero-order valence-electron chi connectivity index (χ0n) is 14.3. The van der Waals surface area contributed by atoms with Crippen LogP contribution in [0.5, 0.6) is 0 Å². The van der Waals surface area contributed by atoms with Crippen LogP contribution in [0.25, 0.3) is 0 Å². The van der Waals surface area contributed by atoms with E-state index in [-0.39, 0.29) is 24.0 Å². The van der Waals surface area contributed by atoms with Gasteiger partial charge in [0.2, 0.25) is 0 Å². The molecule has 0 atom stereocenters.